The zero-order valence-corrected chi connectivity index (χ0v) is 39.8. The lowest BCUT2D eigenvalue weighted by Crippen LogP contribution is -2.70. The van der Waals surface area contributed by atoms with Crippen LogP contribution in [0.25, 0.3) is 0 Å². The van der Waals surface area contributed by atoms with Gasteiger partial charge in [-0.25, -0.2) is 4.79 Å². The number of aliphatic hydroxyl groups excluding tert-OH is 3. The molecule has 0 aliphatic carbocycles. The van der Waals surface area contributed by atoms with Crippen molar-refractivity contribution in [3.8, 4) is 0 Å². The number of aliphatic hydroxyl groups is 4. The van der Waals surface area contributed by atoms with Crippen LogP contribution < -0.4 is 5.32 Å². The zero-order valence-electron chi connectivity index (χ0n) is 39.8. The van der Waals surface area contributed by atoms with Gasteiger partial charge in [0.25, 0.3) is 0 Å². The fourth-order valence-corrected chi connectivity index (χ4v) is 8.51. The molecule has 0 aromatic heterocycles. The minimum Gasteiger partial charge on any atom is -0.478 e. The molecule has 0 spiro atoms. The molecule has 67 heavy (non-hydrogen) atoms. The number of ether oxygens (including phenoxy) is 7. The van der Waals surface area contributed by atoms with Crippen molar-refractivity contribution in [3.63, 3.8) is 0 Å². The van der Waals surface area contributed by atoms with E-state index in [0.717, 1.165) is 11.6 Å². The molecular formula is C51H71NO15. The molecule has 1 aromatic rings. The second-order valence-corrected chi connectivity index (χ2v) is 17.7. The summed E-state index contributed by atoms with van der Waals surface area (Å²) in [5, 5.41) is 57.5. The number of methoxy groups -OCH3 is 2. The minimum absolute atomic E-state index is 0.0223. The quantitative estimate of drug-likeness (QED) is 0.0537. The fraction of sp³-hybridized carbons (Fsp3) is 0.549. The van der Waals surface area contributed by atoms with Crippen molar-refractivity contribution in [2.75, 3.05) is 27.4 Å². The van der Waals surface area contributed by atoms with Crippen LogP contribution in [0.5, 0.6) is 0 Å². The lowest BCUT2D eigenvalue weighted by molar-refractivity contribution is -0.366. The molecule has 0 radical (unpaired) electrons. The van der Waals surface area contributed by atoms with Gasteiger partial charge in [-0.3, -0.25) is 9.59 Å². The third-order valence-corrected chi connectivity index (χ3v) is 12.5. The number of aliphatic carboxylic acids is 1. The Kier molecular flexibility index (Phi) is 21.5. The van der Waals surface area contributed by atoms with Gasteiger partial charge in [0.05, 0.1) is 49.7 Å². The Balaban J connectivity index is 1.54. The summed E-state index contributed by atoms with van der Waals surface area (Å²) in [5.41, 5.74) is 0.413. The van der Waals surface area contributed by atoms with Gasteiger partial charge in [-0.2, -0.15) is 0 Å². The van der Waals surface area contributed by atoms with E-state index in [1.807, 2.05) is 32.9 Å². The number of carbonyl (C=O) groups is 3. The number of carboxylic acid groups (broad SMARTS) is 1. The largest absolute Gasteiger partial charge is 0.478 e. The number of rotatable bonds is 22. The van der Waals surface area contributed by atoms with Gasteiger partial charge < -0.3 is 64.0 Å². The molecule has 3 saturated heterocycles. The van der Waals surface area contributed by atoms with Crippen LogP contribution in [0.2, 0.25) is 0 Å². The molecule has 370 valence electrons. The van der Waals surface area contributed by atoms with Crippen molar-refractivity contribution < 1.29 is 73.1 Å². The maximum Gasteiger partial charge on any atom is 0.328 e. The number of amides is 1. The van der Waals surface area contributed by atoms with Gasteiger partial charge in [0.15, 0.2) is 6.29 Å². The number of carboxylic acids is 1. The highest BCUT2D eigenvalue weighted by Gasteiger charge is 2.63. The van der Waals surface area contributed by atoms with Gasteiger partial charge in [0.2, 0.25) is 11.7 Å². The number of carbonyl (C=O) groups excluding carboxylic acids is 2. The first-order valence-electron chi connectivity index (χ1n) is 22.7. The standard InChI is InChI=1S/C51H71NO15/c1-9-10-14-25-41-50(5,6)48(66-43(56)28-35-22-15-13-16-23-35)47(58)51(60,67-41)36(31-63-44-30-40(61-7)45(57)34(4)64-44)49(59)52-27-20-19-21-32(2)46(62-8)33(3)39-29-37(53)38(65-39)24-17-11-12-18-26-42(54)55/h9-26,33-34,36-41,44-48,53,57-58,60H,27-31H2,1-8H3,(H,52,59)(H,54,55)/b10-9+,12-11+,20-19-,24-17-,25-14-,26-18-,32-21+/t33-,34-,36-,37-,38+,39+,40-,41+,44-,45+,46+,47+,48-,51+/m1/s1. The van der Waals surface area contributed by atoms with Crippen molar-refractivity contribution >= 4 is 17.8 Å². The lowest BCUT2D eigenvalue weighted by atomic mass is 9.71. The van der Waals surface area contributed by atoms with E-state index in [-0.39, 0.29) is 31.4 Å². The van der Waals surface area contributed by atoms with E-state index in [1.165, 1.54) is 13.2 Å². The highest BCUT2D eigenvalue weighted by molar-refractivity contribution is 5.80. The van der Waals surface area contributed by atoms with Gasteiger partial charge in [0, 0.05) is 51.0 Å². The Morgan fingerprint density at radius 1 is 0.955 bits per heavy atom. The summed E-state index contributed by atoms with van der Waals surface area (Å²) in [7, 11) is 3.04. The number of benzene rings is 1. The molecule has 3 aliphatic heterocycles. The van der Waals surface area contributed by atoms with E-state index >= 15 is 0 Å². The second kappa shape index (κ2) is 26.2. The molecule has 16 nitrogen and oxygen atoms in total. The van der Waals surface area contributed by atoms with Crippen molar-refractivity contribution in [1.29, 1.82) is 0 Å². The predicted molar refractivity (Wildman–Crippen MR) is 249 cm³/mol. The molecule has 1 amide bonds. The van der Waals surface area contributed by atoms with E-state index in [1.54, 1.807) is 113 Å². The van der Waals surface area contributed by atoms with Crippen LogP contribution in [0.4, 0.5) is 0 Å². The summed E-state index contributed by atoms with van der Waals surface area (Å²) in [6.45, 7) is 10.3. The lowest BCUT2D eigenvalue weighted by Gasteiger charge is -2.54. The number of allylic oxidation sites excluding steroid dienone is 9. The van der Waals surface area contributed by atoms with Crippen LogP contribution in [-0.4, -0.2) is 144 Å². The first kappa shape index (κ1) is 55.0. The van der Waals surface area contributed by atoms with Crippen LogP contribution >= 0.6 is 0 Å². The van der Waals surface area contributed by atoms with Crippen LogP contribution in [-0.2, 0) is 54.0 Å². The Morgan fingerprint density at radius 3 is 2.33 bits per heavy atom. The Bertz CT molecular complexity index is 1960. The molecule has 16 heteroatoms. The molecular weight excluding hydrogens is 867 g/mol. The average Bonchev–Trinajstić information content (AvgIpc) is 3.66. The molecule has 0 bridgehead atoms. The number of nitrogens with one attached hydrogen (secondary N) is 1. The van der Waals surface area contributed by atoms with Crippen LogP contribution in [0.1, 0.15) is 59.9 Å². The first-order valence-corrected chi connectivity index (χ1v) is 22.7. The molecule has 1 aromatic carbocycles. The molecule has 14 atom stereocenters. The van der Waals surface area contributed by atoms with Crippen molar-refractivity contribution in [2.45, 2.75) is 134 Å². The number of esters is 1. The van der Waals surface area contributed by atoms with Crippen molar-refractivity contribution in [3.05, 3.63) is 120 Å². The summed E-state index contributed by atoms with van der Waals surface area (Å²) < 4.78 is 41.9. The third-order valence-electron chi connectivity index (χ3n) is 12.5. The van der Waals surface area contributed by atoms with Crippen molar-refractivity contribution in [1.82, 2.24) is 5.32 Å². The van der Waals surface area contributed by atoms with Gasteiger partial charge in [-0.1, -0.05) is 124 Å². The van der Waals surface area contributed by atoms with Crippen LogP contribution in [0.3, 0.4) is 0 Å². The Morgan fingerprint density at radius 2 is 1.66 bits per heavy atom. The van der Waals surface area contributed by atoms with Gasteiger partial charge in [0.1, 0.15) is 30.3 Å². The third kappa shape index (κ3) is 15.2. The van der Waals surface area contributed by atoms with Crippen LogP contribution in [0, 0.1) is 17.3 Å². The number of hydrogen-bond donors (Lipinski definition) is 6. The SMILES string of the molecule is C/C=C/C=C\[C@@H]1O[C@@](O)([C@H](CO[C@H]2C[C@@H](OC)[C@@H](O)[C@@H](C)O2)C(=O)NC/C=C\C=C(/C)[C@H](OC)[C@H](C)[C@@H]2C[C@@H](O)[C@H](\C=C/C=C/C=C\C(=O)O)O2)[C@@H](O)[C@@H](OC(=O)Cc2ccccc2)C1(C)C. The Hall–Kier alpha value is -4.59. The molecule has 3 aliphatic rings. The summed E-state index contributed by atoms with van der Waals surface area (Å²) >= 11 is 0. The summed E-state index contributed by atoms with van der Waals surface area (Å²) in [6.07, 6.45) is 12.0. The Labute approximate surface area is 394 Å². The normalized spacial score (nSPS) is 31.9. The monoisotopic (exact) mass is 937 g/mol. The van der Waals surface area contributed by atoms with E-state index in [2.05, 4.69) is 5.32 Å². The summed E-state index contributed by atoms with van der Waals surface area (Å²) in [4.78, 5) is 38.5. The van der Waals surface area contributed by atoms with Crippen LogP contribution in [0.15, 0.2) is 115 Å². The molecule has 6 N–H and O–H groups in total. The predicted octanol–water partition coefficient (Wildman–Crippen LogP) is 4.43. The molecule has 3 heterocycles. The topological polar surface area (TPSA) is 229 Å². The minimum atomic E-state index is -2.68. The summed E-state index contributed by atoms with van der Waals surface area (Å²) in [6, 6.07) is 8.95. The van der Waals surface area contributed by atoms with E-state index < -0.39 is 103 Å². The second-order valence-electron chi connectivity index (χ2n) is 17.7. The van der Waals surface area contributed by atoms with Crippen molar-refractivity contribution in [2.24, 2.45) is 17.3 Å². The van der Waals surface area contributed by atoms with Gasteiger partial charge in [-0.05, 0) is 31.9 Å². The molecule has 0 saturated carbocycles. The van der Waals surface area contributed by atoms with Gasteiger partial charge in [-0.15, -0.1) is 0 Å². The maximum atomic E-state index is 14.4. The fourth-order valence-electron chi connectivity index (χ4n) is 8.51. The smallest absolute Gasteiger partial charge is 0.328 e. The molecule has 3 fully saturated rings. The average molecular weight is 938 g/mol. The van der Waals surface area contributed by atoms with E-state index in [0.29, 0.717) is 12.0 Å². The highest BCUT2D eigenvalue weighted by Crippen LogP contribution is 2.46. The van der Waals surface area contributed by atoms with E-state index in [9.17, 15) is 34.8 Å². The zero-order chi connectivity index (χ0) is 49.3. The molecule has 0 unspecified atom stereocenters. The van der Waals surface area contributed by atoms with E-state index in [4.69, 9.17) is 38.3 Å². The number of hydrogen-bond acceptors (Lipinski definition) is 14. The highest BCUT2D eigenvalue weighted by atomic mass is 16.7. The summed E-state index contributed by atoms with van der Waals surface area (Å²) in [5.74, 6) is -6.91. The first-order chi connectivity index (χ1) is 31.9. The van der Waals surface area contributed by atoms with Gasteiger partial charge >= 0.3 is 11.9 Å². The molecule has 4 rings (SSSR count). The maximum absolute atomic E-state index is 14.4.